The van der Waals surface area contributed by atoms with Crippen molar-refractivity contribution in [1.29, 1.82) is 0 Å². The first-order chi connectivity index (χ1) is 17.5. The molecule has 0 aliphatic rings. The second kappa shape index (κ2) is 14.1. The zero-order valence-corrected chi connectivity index (χ0v) is 20.4. The monoisotopic (exact) mass is 519 g/mol. The Labute approximate surface area is 213 Å². The van der Waals surface area contributed by atoms with Crippen LogP contribution in [0, 0.1) is 0 Å². The molecular formula is C25H32F3N7O2. The molecule has 0 fully saturated rings. The molecule has 0 saturated carbocycles. The van der Waals surface area contributed by atoms with Crippen LogP contribution in [0.2, 0.25) is 0 Å². The number of rotatable bonds is 13. The fourth-order valence-corrected chi connectivity index (χ4v) is 3.23. The minimum absolute atomic E-state index is 0.119. The molecule has 1 heterocycles. The summed E-state index contributed by atoms with van der Waals surface area (Å²) >= 11 is 0. The Hall–Kier alpha value is -3.74. The van der Waals surface area contributed by atoms with Crippen molar-refractivity contribution >= 4 is 12.0 Å². The molecule has 9 nitrogen and oxygen atoms in total. The molecule has 200 valence electrons. The van der Waals surface area contributed by atoms with Crippen molar-refractivity contribution in [2.75, 3.05) is 31.5 Å². The predicted molar refractivity (Wildman–Crippen MR) is 139 cm³/mol. The number of alkyl halides is 3. The number of nitrogens with two attached hydrogens (primary N) is 2. The fourth-order valence-electron chi connectivity index (χ4n) is 3.23. The maximum atomic E-state index is 12.6. The summed E-state index contributed by atoms with van der Waals surface area (Å²) in [6.07, 6.45) is 0.149. The molecule has 0 aliphatic heterocycles. The van der Waals surface area contributed by atoms with E-state index < -0.39 is 23.3 Å². The average Bonchev–Trinajstić information content (AvgIpc) is 2.84. The first-order valence-corrected chi connectivity index (χ1v) is 11.6. The lowest BCUT2D eigenvalue weighted by Crippen LogP contribution is -2.29. The molecular weight excluding hydrogens is 487 g/mol. The Balaban J connectivity index is 2.00. The van der Waals surface area contributed by atoms with E-state index in [4.69, 9.17) is 11.5 Å². The van der Waals surface area contributed by atoms with Gasteiger partial charge in [0.05, 0.1) is 5.56 Å². The molecule has 0 aliphatic carbocycles. The van der Waals surface area contributed by atoms with Crippen LogP contribution in [0.3, 0.4) is 0 Å². The SMILES string of the molecule is C=C(/C=C\C(=C)C(F)(F)F)NC(=O)Nc1ncc(-c2ccc(CN(CCCN)CCCN)cc2)c(=O)[nH]1. The van der Waals surface area contributed by atoms with Crippen LogP contribution < -0.4 is 27.7 Å². The van der Waals surface area contributed by atoms with Crippen molar-refractivity contribution in [3.63, 3.8) is 0 Å². The number of halogens is 3. The van der Waals surface area contributed by atoms with Crippen LogP contribution in [0.25, 0.3) is 11.1 Å². The van der Waals surface area contributed by atoms with Crippen LogP contribution in [-0.4, -0.2) is 53.3 Å². The number of hydrogen-bond donors (Lipinski definition) is 5. The summed E-state index contributed by atoms with van der Waals surface area (Å²) in [5.41, 5.74) is 11.6. The van der Waals surface area contributed by atoms with E-state index >= 15 is 0 Å². The van der Waals surface area contributed by atoms with Crippen molar-refractivity contribution in [2.24, 2.45) is 11.5 Å². The van der Waals surface area contributed by atoms with Crippen LogP contribution in [0.5, 0.6) is 0 Å². The van der Waals surface area contributed by atoms with Crippen LogP contribution in [0.4, 0.5) is 23.9 Å². The highest BCUT2D eigenvalue weighted by atomic mass is 19.4. The molecule has 2 rings (SSSR count). The Morgan fingerprint density at radius 1 is 1.08 bits per heavy atom. The zero-order chi connectivity index (χ0) is 27.4. The Kier molecular flexibility index (Phi) is 11.2. The van der Waals surface area contributed by atoms with Crippen LogP contribution >= 0.6 is 0 Å². The highest BCUT2D eigenvalue weighted by Gasteiger charge is 2.29. The third-order valence-electron chi connectivity index (χ3n) is 5.18. The number of H-pyrrole nitrogens is 1. The highest BCUT2D eigenvalue weighted by molar-refractivity contribution is 5.88. The minimum Gasteiger partial charge on any atom is -0.330 e. The number of urea groups is 1. The van der Waals surface area contributed by atoms with Crippen molar-refractivity contribution in [2.45, 2.75) is 25.6 Å². The van der Waals surface area contributed by atoms with Crippen molar-refractivity contribution in [3.8, 4) is 11.1 Å². The number of aromatic amines is 1. The average molecular weight is 520 g/mol. The molecule has 7 N–H and O–H groups in total. The van der Waals surface area contributed by atoms with Crippen LogP contribution in [0.15, 0.2) is 71.8 Å². The Morgan fingerprint density at radius 3 is 2.24 bits per heavy atom. The van der Waals surface area contributed by atoms with Gasteiger partial charge >= 0.3 is 12.2 Å². The molecule has 37 heavy (non-hydrogen) atoms. The van der Waals surface area contributed by atoms with Crippen molar-refractivity contribution < 1.29 is 18.0 Å². The maximum absolute atomic E-state index is 12.6. The van der Waals surface area contributed by atoms with E-state index in [0.717, 1.165) is 44.1 Å². The molecule has 2 amide bonds. The quantitative estimate of drug-likeness (QED) is 0.257. The van der Waals surface area contributed by atoms with Gasteiger partial charge in [0, 0.05) is 24.0 Å². The zero-order valence-electron chi connectivity index (χ0n) is 20.4. The van der Waals surface area contributed by atoms with Crippen molar-refractivity contribution in [3.05, 3.63) is 83.0 Å². The number of carbonyl (C=O) groups is 1. The summed E-state index contributed by atoms with van der Waals surface area (Å²) in [5.74, 6) is -0.144. The summed E-state index contributed by atoms with van der Waals surface area (Å²) in [7, 11) is 0. The third-order valence-corrected chi connectivity index (χ3v) is 5.18. The first kappa shape index (κ1) is 29.5. The molecule has 0 radical (unpaired) electrons. The summed E-state index contributed by atoms with van der Waals surface area (Å²) in [6, 6.07) is 6.64. The summed E-state index contributed by atoms with van der Waals surface area (Å²) in [5, 5.41) is 4.52. The third kappa shape index (κ3) is 10.0. The maximum Gasteiger partial charge on any atom is 0.415 e. The van der Waals surface area contributed by atoms with Gasteiger partial charge in [-0.05, 0) is 62.3 Å². The number of anilines is 1. The summed E-state index contributed by atoms with van der Waals surface area (Å²) in [4.78, 5) is 33.4. The smallest absolute Gasteiger partial charge is 0.330 e. The molecule has 0 atom stereocenters. The van der Waals surface area contributed by atoms with Crippen LogP contribution in [0.1, 0.15) is 18.4 Å². The van der Waals surface area contributed by atoms with Gasteiger partial charge in [-0.25, -0.2) is 9.78 Å². The lowest BCUT2D eigenvalue weighted by atomic mass is 10.1. The standard InChI is InChI=1S/C25H32F3N7O2/c1-17(25(26,27)28)5-6-18(2)32-24(37)34-23-31-15-21(22(36)33-23)20-9-7-19(8-10-20)16-35(13-3-11-29)14-4-12-30/h5-10,15H,1-4,11-14,16,29-30H2,(H3,31,32,33,34,36,37)/b6-5-. The number of carbonyl (C=O) groups excluding carboxylic acids is 1. The van der Waals surface area contributed by atoms with E-state index in [9.17, 15) is 22.8 Å². The highest BCUT2D eigenvalue weighted by Crippen LogP contribution is 2.24. The molecule has 0 saturated heterocycles. The van der Waals surface area contributed by atoms with E-state index in [-0.39, 0.29) is 11.6 Å². The number of allylic oxidation sites excluding steroid dienone is 3. The molecule has 12 heteroatoms. The second-order valence-corrected chi connectivity index (χ2v) is 8.19. The second-order valence-electron chi connectivity index (χ2n) is 8.19. The molecule has 1 aromatic heterocycles. The molecule has 1 aromatic carbocycles. The van der Waals surface area contributed by atoms with E-state index in [1.807, 2.05) is 24.3 Å². The topological polar surface area (TPSA) is 142 Å². The summed E-state index contributed by atoms with van der Waals surface area (Å²) in [6.45, 7) is 10.0. The number of benzene rings is 1. The van der Waals surface area contributed by atoms with Gasteiger partial charge < -0.3 is 16.8 Å². The molecule has 0 spiro atoms. The van der Waals surface area contributed by atoms with Gasteiger partial charge in [-0.15, -0.1) is 0 Å². The van der Waals surface area contributed by atoms with Crippen molar-refractivity contribution in [1.82, 2.24) is 20.2 Å². The number of amides is 2. The minimum atomic E-state index is -4.58. The first-order valence-electron chi connectivity index (χ1n) is 11.6. The predicted octanol–water partition coefficient (Wildman–Crippen LogP) is 3.25. The fraction of sp³-hybridized carbons (Fsp3) is 0.320. The number of nitrogens with one attached hydrogen (secondary N) is 3. The van der Waals surface area contributed by atoms with Gasteiger partial charge in [-0.3, -0.25) is 20.0 Å². The largest absolute Gasteiger partial charge is 0.415 e. The number of nitrogens with zero attached hydrogens (tertiary/aromatic N) is 2. The molecule has 0 bridgehead atoms. The van der Waals surface area contributed by atoms with Gasteiger partial charge in [-0.2, -0.15) is 13.2 Å². The normalized spacial score (nSPS) is 11.6. The van der Waals surface area contributed by atoms with Gasteiger partial charge in [0.25, 0.3) is 5.56 Å². The summed E-state index contributed by atoms with van der Waals surface area (Å²) < 4.78 is 37.4. The molecule has 2 aromatic rings. The Bertz CT molecular complexity index is 1150. The van der Waals surface area contributed by atoms with E-state index in [1.54, 1.807) is 0 Å². The van der Waals surface area contributed by atoms with E-state index in [1.165, 1.54) is 6.20 Å². The van der Waals surface area contributed by atoms with Gasteiger partial charge in [0.1, 0.15) is 0 Å². The van der Waals surface area contributed by atoms with Gasteiger partial charge in [-0.1, -0.05) is 37.4 Å². The van der Waals surface area contributed by atoms with E-state index in [2.05, 4.69) is 38.7 Å². The van der Waals surface area contributed by atoms with Crippen LogP contribution in [-0.2, 0) is 6.54 Å². The lowest BCUT2D eigenvalue weighted by Gasteiger charge is -2.22. The Morgan fingerprint density at radius 2 is 1.70 bits per heavy atom. The number of aromatic nitrogens is 2. The molecule has 0 unspecified atom stereocenters. The van der Waals surface area contributed by atoms with E-state index in [0.29, 0.717) is 30.3 Å². The lowest BCUT2D eigenvalue weighted by molar-refractivity contribution is -0.0878. The number of hydrogen-bond acceptors (Lipinski definition) is 6. The van der Waals surface area contributed by atoms with Gasteiger partial charge in [0.2, 0.25) is 5.95 Å². The van der Waals surface area contributed by atoms with Gasteiger partial charge in [0.15, 0.2) is 0 Å².